The average Bonchev–Trinajstić information content (AvgIpc) is 2.03. The van der Waals surface area contributed by atoms with Gasteiger partial charge < -0.3 is 10.4 Å². The minimum absolute atomic E-state index is 0.299. The number of nitrogens with one attached hydrogen (secondary N) is 1. The lowest BCUT2D eigenvalue weighted by Crippen LogP contribution is -2.30. The molecule has 2 N–H and O–H groups in total. The Morgan fingerprint density at radius 2 is 2.18 bits per heavy atom. The summed E-state index contributed by atoms with van der Waals surface area (Å²) in [6, 6.07) is 0.622. The lowest BCUT2D eigenvalue weighted by Gasteiger charge is -2.14. The van der Waals surface area contributed by atoms with Gasteiger partial charge in [0.05, 0.1) is 6.61 Å². The van der Waals surface area contributed by atoms with Crippen LogP contribution in [0.1, 0.15) is 20.3 Å². The van der Waals surface area contributed by atoms with Crippen LogP contribution >= 0.6 is 11.8 Å². The highest BCUT2D eigenvalue weighted by atomic mass is 32.2. The molecule has 2 nitrogen and oxygen atoms in total. The zero-order valence-electron chi connectivity index (χ0n) is 7.47. The summed E-state index contributed by atoms with van der Waals surface area (Å²) in [6.07, 6.45) is 1.17. The molecule has 0 heterocycles. The Balaban J connectivity index is 3.20. The van der Waals surface area contributed by atoms with Gasteiger partial charge in [0.2, 0.25) is 0 Å². The minimum Gasteiger partial charge on any atom is -0.396 e. The van der Waals surface area contributed by atoms with Crippen molar-refractivity contribution in [3.8, 4) is 0 Å². The monoisotopic (exact) mass is 177 g/mol. The van der Waals surface area contributed by atoms with Crippen LogP contribution in [0.25, 0.3) is 0 Å². The van der Waals surface area contributed by atoms with E-state index < -0.39 is 0 Å². The molecule has 0 spiro atoms. The third-order valence-electron chi connectivity index (χ3n) is 1.54. The Labute approximate surface area is 73.8 Å². The van der Waals surface area contributed by atoms with Crippen molar-refractivity contribution in [3.05, 3.63) is 0 Å². The quantitative estimate of drug-likeness (QED) is 0.571. The summed E-state index contributed by atoms with van der Waals surface area (Å²) in [5, 5.41) is 11.9. The number of hydrogen-bond donors (Lipinski definition) is 2. The molecule has 0 saturated heterocycles. The van der Waals surface area contributed by atoms with Crippen molar-refractivity contribution in [2.45, 2.75) is 26.3 Å². The lowest BCUT2D eigenvalue weighted by atomic mass is 10.2. The molecule has 0 aliphatic heterocycles. The highest BCUT2D eigenvalue weighted by Gasteiger charge is 2.02. The number of thioether (sulfide) groups is 1. The molecule has 0 aliphatic rings. The van der Waals surface area contributed by atoms with E-state index in [0.29, 0.717) is 12.6 Å². The van der Waals surface area contributed by atoms with Gasteiger partial charge in [-0.15, -0.1) is 0 Å². The molecule has 0 amide bonds. The molecule has 0 bridgehead atoms. The van der Waals surface area contributed by atoms with Gasteiger partial charge in [-0.25, -0.2) is 0 Å². The van der Waals surface area contributed by atoms with Crippen LogP contribution in [-0.2, 0) is 0 Å². The number of hydrogen-bond acceptors (Lipinski definition) is 3. The standard InChI is InChI=1S/C8H19NOS/c1-3-8(9-4-2)7-11-6-5-10/h8-10H,3-7H2,1-2H3. The van der Waals surface area contributed by atoms with Crippen LogP contribution in [0.15, 0.2) is 0 Å². The van der Waals surface area contributed by atoms with Gasteiger partial charge in [0, 0.05) is 17.5 Å². The molecular weight excluding hydrogens is 158 g/mol. The minimum atomic E-state index is 0.299. The SMILES string of the molecule is CCNC(CC)CSCCO. The van der Waals surface area contributed by atoms with E-state index in [-0.39, 0.29) is 0 Å². The highest BCUT2D eigenvalue weighted by Crippen LogP contribution is 2.04. The summed E-state index contributed by atoms with van der Waals surface area (Å²) in [5.74, 6) is 1.98. The molecule has 0 aromatic heterocycles. The third kappa shape index (κ3) is 6.66. The third-order valence-corrected chi connectivity index (χ3v) is 2.65. The Hall–Kier alpha value is 0.270. The van der Waals surface area contributed by atoms with Crippen LogP contribution in [0.4, 0.5) is 0 Å². The molecule has 0 aromatic rings. The van der Waals surface area contributed by atoms with Crippen molar-refractivity contribution in [1.82, 2.24) is 5.32 Å². The normalized spacial score (nSPS) is 13.4. The van der Waals surface area contributed by atoms with Crippen LogP contribution in [0, 0.1) is 0 Å². The predicted molar refractivity (Wildman–Crippen MR) is 52.2 cm³/mol. The maximum Gasteiger partial charge on any atom is 0.0521 e. The molecule has 0 radical (unpaired) electrons. The first kappa shape index (κ1) is 11.3. The fourth-order valence-electron chi connectivity index (χ4n) is 0.900. The van der Waals surface area contributed by atoms with E-state index >= 15 is 0 Å². The number of aliphatic hydroxyl groups excluding tert-OH is 1. The van der Waals surface area contributed by atoms with Crippen molar-refractivity contribution < 1.29 is 5.11 Å². The average molecular weight is 177 g/mol. The van der Waals surface area contributed by atoms with Crippen molar-refractivity contribution in [2.24, 2.45) is 0 Å². The van der Waals surface area contributed by atoms with Crippen LogP contribution in [0.3, 0.4) is 0 Å². The first-order valence-corrected chi connectivity index (χ1v) is 5.42. The number of rotatable bonds is 7. The first-order chi connectivity index (χ1) is 5.35. The van der Waals surface area contributed by atoms with Crippen LogP contribution in [0.2, 0.25) is 0 Å². The summed E-state index contributed by atoms with van der Waals surface area (Å²) in [7, 11) is 0. The smallest absolute Gasteiger partial charge is 0.0521 e. The van der Waals surface area contributed by atoms with Gasteiger partial charge in [0.25, 0.3) is 0 Å². The van der Waals surface area contributed by atoms with Gasteiger partial charge in [0.15, 0.2) is 0 Å². The molecule has 11 heavy (non-hydrogen) atoms. The summed E-state index contributed by atoms with van der Waals surface area (Å²) in [5.41, 5.74) is 0. The van der Waals surface area contributed by atoms with Gasteiger partial charge in [-0.2, -0.15) is 11.8 Å². The molecule has 0 aromatic carbocycles. The van der Waals surface area contributed by atoms with E-state index in [1.54, 1.807) is 0 Å². The van der Waals surface area contributed by atoms with Gasteiger partial charge >= 0.3 is 0 Å². The van der Waals surface area contributed by atoms with Crippen LogP contribution in [-0.4, -0.2) is 35.8 Å². The Bertz CT molecular complexity index is 80.5. The van der Waals surface area contributed by atoms with Gasteiger partial charge in [-0.05, 0) is 13.0 Å². The molecule has 1 unspecified atom stereocenters. The van der Waals surface area contributed by atoms with Crippen molar-refractivity contribution in [1.29, 1.82) is 0 Å². The lowest BCUT2D eigenvalue weighted by molar-refractivity contribution is 0.322. The van der Waals surface area contributed by atoms with Gasteiger partial charge in [-0.3, -0.25) is 0 Å². The largest absolute Gasteiger partial charge is 0.396 e. The summed E-state index contributed by atoms with van der Waals surface area (Å²) in [6.45, 7) is 5.65. The van der Waals surface area contributed by atoms with Crippen molar-refractivity contribution in [2.75, 3.05) is 24.7 Å². The second-order valence-corrected chi connectivity index (χ2v) is 3.61. The maximum atomic E-state index is 8.54. The Kier molecular flexibility index (Phi) is 8.57. The first-order valence-electron chi connectivity index (χ1n) is 4.27. The molecular formula is C8H19NOS. The van der Waals surface area contributed by atoms with E-state index in [4.69, 9.17) is 5.11 Å². The summed E-state index contributed by atoms with van der Waals surface area (Å²) in [4.78, 5) is 0. The Morgan fingerprint density at radius 1 is 1.45 bits per heavy atom. The molecule has 0 rings (SSSR count). The zero-order chi connectivity index (χ0) is 8.53. The van der Waals surface area contributed by atoms with E-state index in [0.717, 1.165) is 18.1 Å². The van der Waals surface area contributed by atoms with Crippen molar-refractivity contribution >= 4 is 11.8 Å². The Morgan fingerprint density at radius 3 is 2.64 bits per heavy atom. The predicted octanol–water partition coefficient (Wildman–Crippen LogP) is 1.10. The fraction of sp³-hybridized carbons (Fsp3) is 1.00. The fourth-order valence-corrected chi connectivity index (χ4v) is 1.83. The molecule has 0 saturated carbocycles. The van der Waals surface area contributed by atoms with E-state index in [9.17, 15) is 0 Å². The maximum absolute atomic E-state index is 8.54. The van der Waals surface area contributed by atoms with E-state index in [1.807, 2.05) is 11.8 Å². The van der Waals surface area contributed by atoms with Crippen LogP contribution < -0.4 is 5.32 Å². The van der Waals surface area contributed by atoms with E-state index in [2.05, 4.69) is 19.2 Å². The molecule has 0 fully saturated rings. The molecule has 0 aliphatic carbocycles. The highest BCUT2D eigenvalue weighted by molar-refractivity contribution is 7.99. The zero-order valence-corrected chi connectivity index (χ0v) is 8.28. The second-order valence-electron chi connectivity index (χ2n) is 2.46. The van der Waals surface area contributed by atoms with E-state index in [1.165, 1.54) is 6.42 Å². The van der Waals surface area contributed by atoms with Crippen molar-refractivity contribution in [3.63, 3.8) is 0 Å². The summed E-state index contributed by atoms with van der Waals surface area (Å²) >= 11 is 1.81. The van der Waals surface area contributed by atoms with Gasteiger partial charge in [0.1, 0.15) is 0 Å². The molecule has 68 valence electrons. The topological polar surface area (TPSA) is 32.3 Å². The second kappa shape index (κ2) is 8.37. The number of aliphatic hydroxyl groups is 1. The summed E-state index contributed by atoms with van der Waals surface area (Å²) < 4.78 is 0. The van der Waals surface area contributed by atoms with Gasteiger partial charge in [-0.1, -0.05) is 13.8 Å². The van der Waals surface area contributed by atoms with Crippen LogP contribution in [0.5, 0.6) is 0 Å². The molecule has 1 atom stereocenters. The molecule has 3 heteroatoms.